The van der Waals surface area contributed by atoms with Crippen LogP contribution in [0.5, 0.6) is 0 Å². The summed E-state index contributed by atoms with van der Waals surface area (Å²) in [5, 5.41) is 9.15. The maximum absolute atomic E-state index is 13.4. The summed E-state index contributed by atoms with van der Waals surface area (Å²) in [7, 11) is 2.02. The minimum Gasteiger partial charge on any atom is -0.467 e. The summed E-state index contributed by atoms with van der Waals surface area (Å²) in [6.07, 6.45) is 6.91. The van der Waals surface area contributed by atoms with E-state index in [0.29, 0.717) is 17.5 Å². The van der Waals surface area contributed by atoms with Crippen LogP contribution in [0.2, 0.25) is 0 Å². The summed E-state index contributed by atoms with van der Waals surface area (Å²) in [6, 6.07) is 15.9. The summed E-state index contributed by atoms with van der Waals surface area (Å²) >= 11 is 1.40. The Labute approximate surface area is 208 Å². The Morgan fingerprint density at radius 2 is 1.97 bits per heavy atom. The van der Waals surface area contributed by atoms with Crippen LogP contribution in [-0.2, 0) is 16.8 Å². The molecule has 0 N–H and O–H groups in total. The molecule has 1 aliphatic heterocycles. The average Bonchev–Trinajstić information content (AvgIpc) is 3.56. The lowest BCUT2D eigenvalue weighted by Gasteiger charge is -2.24. The van der Waals surface area contributed by atoms with Gasteiger partial charge in [-0.15, -0.1) is 10.2 Å². The number of carbonyl (C=O) groups is 1. The van der Waals surface area contributed by atoms with Crippen molar-refractivity contribution in [1.82, 2.24) is 19.7 Å². The summed E-state index contributed by atoms with van der Waals surface area (Å²) in [6.45, 7) is 6.69. The van der Waals surface area contributed by atoms with Crippen LogP contribution in [0.1, 0.15) is 32.1 Å². The van der Waals surface area contributed by atoms with Gasteiger partial charge in [0.25, 0.3) is 0 Å². The molecule has 1 unspecified atom stereocenters. The van der Waals surface area contributed by atoms with Crippen LogP contribution < -0.4 is 4.90 Å². The normalized spacial score (nSPS) is 16.5. The van der Waals surface area contributed by atoms with E-state index in [-0.39, 0.29) is 16.4 Å². The van der Waals surface area contributed by atoms with Gasteiger partial charge in [0.05, 0.1) is 18.1 Å². The van der Waals surface area contributed by atoms with Crippen molar-refractivity contribution in [2.75, 3.05) is 11.9 Å². The second-order valence-corrected chi connectivity index (χ2v) is 10.4. The van der Waals surface area contributed by atoms with Gasteiger partial charge in [0.1, 0.15) is 5.76 Å². The average molecular weight is 486 g/mol. The molecule has 0 bridgehead atoms. The van der Waals surface area contributed by atoms with Crippen LogP contribution in [0.25, 0.3) is 11.4 Å². The molecule has 0 saturated heterocycles. The molecule has 8 heteroatoms. The number of nitrogens with zero attached hydrogens (tertiary/aromatic N) is 5. The fourth-order valence-electron chi connectivity index (χ4n) is 4.51. The third-order valence-corrected chi connectivity index (χ3v) is 7.53. The number of anilines is 1. The van der Waals surface area contributed by atoms with Gasteiger partial charge in [-0.3, -0.25) is 14.3 Å². The highest BCUT2D eigenvalue weighted by atomic mass is 32.2. The van der Waals surface area contributed by atoms with Crippen LogP contribution in [0.15, 0.2) is 88.5 Å². The van der Waals surface area contributed by atoms with Crippen molar-refractivity contribution < 1.29 is 9.21 Å². The quantitative estimate of drug-likeness (QED) is 0.258. The predicted molar refractivity (Wildman–Crippen MR) is 137 cm³/mol. The van der Waals surface area contributed by atoms with Crippen molar-refractivity contribution in [3.8, 4) is 11.4 Å². The highest BCUT2D eigenvalue weighted by Crippen LogP contribution is 2.46. The Morgan fingerprint density at radius 1 is 1.14 bits per heavy atom. The van der Waals surface area contributed by atoms with E-state index in [9.17, 15) is 4.79 Å². The molecule has 7 nitrogen and oxygen atoms in total. The van der Waals surface area contributed by atoms with E-state index in [4.69, 9.17) is 4.42 Å². The topological polar surface area (TPSA) is 77.0 Å². The molecule has 3 aromatic heterocycles. The monoisotopic (exact) mass is 485 g/mol. The minimum atomic E-state index is -0.350. The highest BCUT2D eigenvalue weighted by molar-refractivity contribution is 8.00. The second-order valence-electron chi connectivity index (χ2n) is 9.11. The van der Waals surface area contributed by atoms with Gasteiger partial charge in [-0.1, -0.05) is 43.8 Å². The minimum absolute atomic E-state index is 0.0354. The van der Waals surface area contributed by atoms with Crippen LogP contribution in [0, 0.1) is 0 Å². The number of likely N-dealkylation sites (N-methyl/N-ethyl adjacent to an activating group) is 1. The lowest BCUT2D eigenvalue weighted by Crippen LogP contribution is -2.25. The lowest BCUT2D eigenvalue weighted by atomic mass is 9.83. The number of hydrogen-bond donors (Lipinski definition) is 0. The molecule has 1 atom stereocenters. The fourth-order valence-corrected chi connectivity index (χ4v) is 5.38. The molecule has 0 aliphatic carbocycles. The fraction of sp³-hybridized carbons (Fsp3) is 0.259. The maximum Gasteiger partial charge on any atom is 0.192 e. The molecule has 5 rings (SSSR count). The zero-order valence-corrected chi connectivity index (χ0v) is 21.0. The van der Waals surface area contributed by atoms with Gasteiger partial charge in [-0.25, -0.2) is 0 Å². The first kappa shape index (κ1) is 23.1. The molecule has 1 aliphatic rings. The summed E-state index contributed by atoms with van der Waals surface area (Å²) in [4.78, 5) is 19.7. The van der Waals surface area contributed by atoms with Crippen LogP contribution in [-0.4, -0.2) is 37.8 Å². The zero-order chi connectivity index (χ0) is 24.6. The third kappa shape index (κ3) is 4.30. The number of thioether (sulfide) groups is 1. The molecule has 4 heterocycles. The molecule has 0 fully saturated rings. The van der Waals surface area contributed by atoms with Gasteiger partial charge < -0.3 is 9.32 Å². The number of aromatic nitrogens is 4. The first-order valence-corrected chi connectivity index (χ1v) is 12.4. The van der Waals surface area contributed by atoms with Crippen molar-refractivity contribution in [1.29, 1.82) is 0 Å². The van der Waals surface area contributed by atoms with E-state index in [1.54, 1.807) is 24.7 Å². The number of fused-ring (bicyclic) bond motifs is 1. The largest absolute Gasteiger partial charge is 0.467 e. The molecule has 0 amide bonds. The van der Waals surface area contributed by atoms with Crippen molar-refractivity contribution in [3.63, 3.8) is 0 Å². The number of ketones is 1. The number of allylic oxidation sites excluding steroid dienone is 2. The van der Waals surface area contributed by atoms with Gasteiger partial charge in [0.2, 0.25) is 0 Å². The van der Waals surface area contributed by atoms with Crippen LogP contribution >= 0.6 is 11.8 Å². The van der Waals surface area contributed by atoms with E-state index in [1.807, 2.05) is 54.9 Å². The zero-order valence-electron chi connectivity index (χ0n) is 20.2. The van der Waals surface area contributed by atoms with Gasteiger partial charge in [-0.2, -0.15) is 0 Å². The third-order valence-electron chi connectivity index (χ3n) is 6.43. The summed E-state index contributed by atoms with van der Waals surface area (Å²) < 4.78 is 7.55. The molecule has 4 aromatic rings. The molecule has 0 radical (unpaired) electrons. The number of pyridine rings is 1. The smallest absolute Gasteiger partial charge is 0.192 e. The summed E-state index contributed by atoms with van der Waals surface area (Å²) in [5.74, 6) is 1.50. The number of rotatable bonds is 7. The van der Waals surface area contributed by atoms with Gasteiger partial charge >= 0.3 is 0 Å². The number of benzene rings is 1. The SMILES string of the molecule is CC(Sc1nnc(-c2cccnc2)n1Cc1ccco1)C(=O)/C=C1\N(C)c2ccccc2C1(C)C. The standard InChI is InChI=1S/C27H27N5O2S/c1-18(23(33)15-24-27(2,3)21-11-5-6-12-22(21)31(24)4)35-26-30-29-25(19-9-7-13-28-16-19)32(26)17-20-10-8-14-34-20/h5-16,18H,17H2,1-4H3/b24-15-. The molecule has 0 saturated carbocycles. The Kier molecular flexibility index (Phi) is 6.06. The van der Waals surface area contributed by atoms with E-state index >= 15 is 0 Å². The highest BCUT2D eigenvalue weighted by Gasteiger charge is 2.39. The van der Waals surface area contributed by atoms with Gasteiger partial charge in [0, 0.05) is 47.9 Å². The molecule has 0 spiro atoms. The number of carbonyl (C=O) groups excluding carboxylic acids is 1. The Bertz CT molecular complexity index is 1380. The number of furan rings is 1. The Hall–Kier alpha value is -3.65. The maximum atomic E-state index is 13.4. The number of para-hydroxylation sites is 1. The van der Waals surface area contributed by atoms with E-state index in [2.05, 4.69) is 46.1 Å². The van der Waals surface area contributed by atoms with Gasteiger partial charge in [0.15, 0.2) is 16.8 Å². The molecule has 35 heavy (non-hydrogen) atoms. The Balaban J connectivity index is 1.42. The first-order valence-electron chi connectivity index (χ1n) is 11.5. The van der Waals surface area contributed by atoms with Crippen molar-refractivity contribution in [2.45, 2.75) is 43.1 Å². The van der Waals surface area contributed by atoms with Crippen molar-refractivity contribution in [3.05, 3.63) is 90.3 Å². The molecule has 178 valence electrons. The number of hydrogen-bond acceptors (Lipinski definition) is 7. The van der Waals surface area contributed by atoms with Crippen molar-refractivity contribution >= 4 is 23.2 Å². The second kappa shape index (κ2) is 9.19. The van der Waals surface area contributed by atoms with E-state index in [0.717, 1.165) is 22.7 Å². The lowest BCUT2D eigenvalue weighted by molar-refractivity contribution is -0.114. The van der Waals surface area contributed by atoms with Crippen molar-refractivity contribution in [2.24, 2.45) is 0 Å². The predicted octanol–water partition coefficient (Wildman–Crippen LogP) is 5.34. The van der Waals surface area contributed by atoms with E-state index < -0.39 is 0 Å². The summed E-state index contributed by atoms with van der Waals surface area (Å²) in [5.41, 5.74) is 3.95. The van der Waals surface area contributed by atoms with Crippen LogP contribution in [0.4, 0.5) is 5.69 Å². The molecule has 1 aromatic carbocycles. The molecular weight excluding hydrogens is 458 g/mol. The van der Waals surface area contributed by atoms with Gasteiger partial charge in [-0.05, 0) is 42.8 Å². The van der Waals surface area contributed by atoms with E-state index in [1.165, 1.54) is 17.3 Å². The molecular formula is C27H27N5O2S. The Morgan fingerprint density at radius 3 is 2.69 bits per heavy atom. The van der Waals surface area contributed by atoms with Crippen LogP contribution in [0.3, 0.4) is 0 Å². The first-order chi connectivity index (χ1) is 16.9.